The zero-order valence-electron chi connectivity index (χ0n) is 15.3. The number of carbonyl (C=O) groups is 2. The van der Waals surface area contributed by atoms with Crippen LogP contribution in [-0.2, 0) is 22.6 Å². The molecule has 0 aliphatic heterocycles. The van der Waals surface area contributed by atoms with Crippen molar-refractivity contribution in [1.29, 1.82) is 0 Å². The van der Waals surface area contributed by atoms with Crippen LogP contribution < -0.4 is 11.1 Å². The van der Waals surface area contributed by atoms with Crippen molar-refractivity contribution < 1.29 is 9.59 Å². The normalized spacial score (nSPS) is 20.5. The van der Waals surface area contributed by atoms with E-state index in [1.807, 2.05) is 11.6 Å². The van der Waals surface area contributed by atoms with Crippen molar-refractivity contribution in [3.05, 3.63) is 17.0 Å². The smallest absolute Gasteiger partial charge is 0.222 e. The molecule has 2 atom stereocenters. The van der Waals surface area contributed by atoms with E-state index in [1.54, 1.807) is 0 Å². The highest BCUT2D eigenvalue weighted by atomic mass is 16.2. The third kappa shape index (κ3) is 4.36. The van der Waals surface area contributed by atoms with Crippen LogP contribution >= 0.6 is 0 Å². The van der Waals surface area contributed by atoms with Crippen LogP contribution in [0.5, 0.6) is 0 Å². The highest BCUT2D eigenvalue weighted by Crippen LogP contribution is 2.25. The van der Waals surface area contributed by atoms with E-state index < -0.39 is 0 Å². The summed E-state index contributed by atoms with van der Waals surface area (Å²) in [6.45, 7) is 9.29. The first kappa shape index (κ1) is 18.5. The van der Waals surface area contributed by atoms with Gasteiger partial charge in [0.15, 0.2) is 0 Å². The molecule has 134 valence electrons. The fraction of sp³-hybridized carbons (Fsp3) is 0.722. The summed E-state index contributed by atoms with van der Waals surface area (Å²) < 4.78 is 2.04. The van der Waals surface area contributed by atoms with Gasteiger partial charge in [0.05, 0.1) is 11.6 Å². The Labute approximate surface area is 144 Å². The molecule has 1 saturated carbocycles. The van der Waals surface area contributed by atoms with Crippen molar-refractivity contribution in [1.82, 2.24) is 15.1 Å². The summed E-state index contributed by atoms with van der Waals surface area (Å²) in [5, 5.41) is 7.58. The van der Waals surface area contributed by atoms with E-state index in [0.717, 1.165) is 42.8 Å². The Morgan fingerprint density at radius 2 is 2.04 bits per heavy atom. The number of amides is 2. The number of hydrogen-bond donors (Lipinski definition) is 2. The number of hydrogen-bond acceptors (Lipinski definition) is 3. The first-order valence-corrected chi connectivity index (χ1v) is 8.91. The van der Waals surface area contributed by atoms with Crippen LogP contribution in [0, 0.1) is 25.7 Å². The number of carbonyl (C=O) groups excluding carboxylic acids is 2. The van der Waals surface area contributed by atoms with E-state index in [0.29, 0.717) is 18.8 Å². The summed E-state index contributed by atoms with van der Waals surface area (Å²) >= 11 is 0. The van der Waals surface area contributed by atoms with E-state index in [1.165, 1.54) is 0 Å². The van der Waals surface area contributed by atoms with Gasteiger partial charge in [0.1, 0.15) is 0 Å². The predicted molar refractivity (Wildman–Crippen MR) is 93.3 cm³/mol. The van der Waals surface area contributed by atoms with Crippen LogP contribution in [0.1, 0.15) is 56.5 Å². The molecule has 0 spiro atoms. The summed E-state index contributed by atoms with van der Waals surface area (Å²) in [4.78, 5) is 23.7. The van der Waals surface area contributed by atoms with E-state index in [-0.39, 0.29) is 23.8 Å². The summed E-state index contributed by atoms with van der Waals surface area (Å²) in [5.74, 6) is 0.00136. The van der Waals surface area contributed by atoms with Crippen LogP contribution in [0.2, 0.25) is 0 Å². The molecule has 1 heterocycles. The molecule has 0 unspecified atom stereocenters. The zero-order valence-corrected chi connectivity index (χ0v) is 15.3. The van der Waals surface area contributed by atoms with Gasteiger partial charge in [0.25, 0.3) is 0 Å². The summed E-state index contributed by atoms with van der Waals surface area (Å²) in [6.07, 6.45) is 3.65. The van der Waals surface area contributed by atoms with Gasteiger partial charge in [-0.15, -0.1) is 0 Å². The molecule has 1 aliphatic carbocycles. The van der Waals surface area contributed by atoms with Crippen LogP contribution in [0.4, 0.5) is 0 Å². The molecule has 6 nitrogen and oxygen atoms in total. The molecule has 1 aliphatic rings. The Morgan fingerprint density at radius 1 is 1.33 bits per heavy atom. The maximum atomic E-state index is 12.3. The Morgan fingerprint density at radius 3 is 2.67 bits per heavy atom. The Kier molecular flexibility index (Phi) is 6.02. The van der Waals surface area contributed by atoms with Crippen molar-refractivity contribution in [2.24, 2.45) is 17.6 Å². The molecule has 2 rings (SSSR count). The van der Waals surface area contributed by atoms with Gasteiger partial charge in [0, 0.05) is 24.7 Å². The number of nitrogens with zero attached hydrogens (tertiary/aromatic N) is 2. The number of rotatable bonds is 7. The number of nitrogens with two attached hydrogens (primary N) is 1. The van der Waals surface area contributed by atoms with Crippen LogP contribution in [-0.4, -0.2) is 27.6 Å². The van der Waals surface area contributed by atoms with Gasteiger partial charge in [-0.05, 0) is 44.6 Å². The molecular formula is C18H30N4O2. The maximum Gasteiger partial charge on any atom is 0.222 e. The van der Waals surface area contributed by atoms with Gasteiger partial charge in [-0.3, -0.25) is 14.3 Å². The molecule has 0 aromatic carbocycles. The molecule has 1 fully saturated rings. The van der Waals surface area contributed by atoms with Crippen LogP contribution in [0.25, 0.3) is 0 Å². The SMILES string of the molecule is Cc1nn(CC(C)C)c(C)c1CCC(=O)N[C@@H]1CCC[C@H]1C(N)=O. The Balaban J connectivity index is 1.92. The summed E-state index contributed by atoms with van der Waals surface area (Å²) in [7, 11) is 0. The molecule has 0 saturated heterocycles. The van der Waals surface area contributed by atoms with Gasteiger partial charge >= 0.3 is 0 Å². The molecular weight excluding hydrogens is 304 g/mol. The Bertz CT molecular complexity index is 606. The average molecular weight is 334 g/mol. The molecule has 0 radical (unpaired) electrons. The second-order valence-electron chi connectivity index (χ2n) is 7.34. The lowest BCUT2D eigenvalue weighted by Gasteiger charge is -2.18. The van der Waals surface area contributed by atoms with Gasteiger partial charge in [0.2, 0.25) is 11.8 Å². The minimum absolute atomic E-state index is 0.0106. The minimum atomic E-state index is -0.306. The number of aromatic nitrogens is 2. The first-order chi connectivity index (χ1) is 11.3. The second kappa shape index (κ2) is 7.81. The third-order valence-electron chi connectivity index (χ3n) is 4.90. The van der Waals surface area contributed by atoms with Crippen molar-refractivity contribution in [2.45, 2.75) is 72.4 Å². The van der Waals surface area contributed by atoms with Crippen molar-refractivity contribution in [3.63, 3.8) is 0 Å². The lowest BCUT2D eigenvalue weighted by molar-refractivity contribution is -0.124. The van der Waals surface area contributed by atoms with E-state index in [9.17, 15) is 9.59 Å². The van der Waals surface area contributed by atoms with E-state index in [4.69, 9.17) is 5.73 Å². The lowest BCUT2D eigenvalue weighted by Crippen LogP contribution is -2.42. The Hall–Kier alpha value is -1.85. The standard InChI is InChI=1S/C18H30N4O2/c1-11(2)10-22-13(4)14(12(3)21-22)8-9-17(23)20-16-7-5-6-15(16)18(19)24/h11,15-16H,5-10H2,1-4H3,(H2,19,24)(H,20,23)/t15-,16-/m1/s1. The molecule has 2 amide bonds. The number of primary amides is 1. The summed E-state index contributed by atoms with van der Waals surface area (Å²) in [5.41, 5.74) is 8.71. The highest BCUT2D eigenvalue weighted by molar-refractivity contribution is 5.81. The lowest BCUT2D eigenvalue weighted by atomic mass is 10.0. The topological polar surface area (TPSA) is 90.0 Å². The summed E-state index contributed by atoms with van der Waals surface area (Å²) in [6, 6.07) is -0.0964. The zero-order chi connectivity index (χ0) is 17.9. The van der Waals surface area contributed by atoms with Gasteiger partial charge in [-0.2, -0.15) is 5.10 Å². The van der Waals surface area contributed by atoms with Crippen molar-refractivity contribution in [3.8, 4) is 0 Å². The molecule has 0 bridgehead atoms. The highest BCUT2D eigenvalue weighted by Gasteiger charge is 2.32. The largest absolute Gasteiger partial charge is 0.369 e. The van der Waals surface area contributed by atoms with Crippen molar-refractivity contribution >= 4 is 11.8 Å². The minimum Gasteiger partial charge on any atom is -0.369 e. The average Bonchev–Trinajstić information content (AvgIpc) is 3.03. The number of aryl methyl sites for hydroxylation is 1. The fourth-order valence-electron chi connectivity index (χ4n) is 3.61. The molecule has 24 heavy (non-hydrogen) atoms. The van der Waals surface area contributed by atoms with E-state index >= 15 is 0 Å². The predicted octanol–water partition coefficient (Wildman–Crippen LogP) is 1.86. The van der Waals surface area contributed by atoms with Gasteiger partial charge < -0.3 is 11.1 Å². The van der Waals surface area contributed by atoms with E-state index in [2.05, 4.69) is 31.2 Å². The monoisotopic (exact) mass is 334 g/mol. The molecule has 1 aromatic rings. The number of nitrogens with one attached hydrogen (secondary N) is 1. The third-order valence-corrected chi connectivity index (χ3v) is 4.90. The first-order valence-electron chi connectivity index (χ1n) is 8.91. The van der Waals surface area contributed by atoms with Crippen molar-refractivity contribution in [2.75, 3.05) is 0 Å². The maximum absolute atomic E-state index is 12.3. The van der Waals surface area contributed by atoms with Crippen LogP contribution in [0.15, 0.2) is 0 Å². The quantitative estimate of drug-likeness (QED) is 0.797. The molecule has 1 aromatic heterocycles. The molecule has 3 N–H and O–H groups in total. The van der Waals surface area contributed by atoms with Crippen LogP contribution in [0.3, 0.4) is 0 Å². The fourth-order valence-corrected chi connectivity index (χ4v) is 3.61. The second-order valence-corrected chi connectivity index (χ2v) is 7.34. The molecule has 6 heteroatoms. The van der Waals surface area contributed by atoms with Gasteiger partial charge in [-0.25, -0.2) is 0 Å². The van der Waals surface area contributed by atoms with Gasteiger partial charge in [-0.1, -0.05) is 20.3 Å².